The summed E-state index contributed by atoms with van der Waals surface area (Å²) in [4.78, 5) is 9.94. The van der Waals surface area contributed by atoms with Crippen LogP contribution in [0, 0.1) is 0 Å². The molecule has 4 heterocycles. The first-order chi connectivity index (χ1) is 18.9. The Hall–Kier alpha value is -4.53. The van der Waals surface area contributed by atoms with Crippen LogP contribution in [0.25, 0.3) is 66.5 Å². The molecule has 0 radical (unpaired) electrons. The third-order valence-corrected chi connectivity index (χ3v) is 7.39. The number of rotatable bonds is 3. The Balaban J connectivity index is 0.00000253. The van der Waals surface area contributed by atoms with Crippen molar-refractivity contribution in [2.24, 2.45) is 0 Å². The van der Waals surface area contributed by atoms with Gasteiger partial charge in [0.15, 0.2) is 0 Å². The van der Waals surface area contributed by atoms with Crippen molar-refractivity contribution in [1.29, 1.82) is 0 Å². The standard InChI is InChI=1S/C34H22N4.Pt/c1-2-10-24(11-3-1)37-30-15-6-5-13-26(30)28-19-20-33(36-34(28)37)38-31-16-7-4-12-25(31)27-18-17-23(22-32(27)38)29-14-8-9-21-35-29;/h1-22H;/q;+2. The summed E-state index contributed by atoms with van der Waals surface area (Å²) in [6, 6.07) is 44.5. The number of pyridine rings is 2. The van der Waals surface area contributed by atoms with Crippen molar-refractivity contribution in [2.45, 2.75) is 0 Å². The van der Waals surface area contributed by atoms with Gasteiger partial charge in [0.2, 0.25) is 0 Å². The van der Waals surface area contributed by atoms with Gasteiger partial charge in [0.25, 0.3) is 0 Å². The molecule has 0 aliphatic rings. The molecule has 4 aromatic carbocycles. The van der Waals surface area contributed by atoms with Crippen LogP contribution in [0.4, 0.5) is 0 Å². The van der Waals surface area contributed by atoms with E-state index in [0.29, 0.717) is 0 Å². The van der Waals surface area contributed by atoms with Crippen molar-refractivity contribution in [3.8, 4) is 22.8 Å². The fraction of sp³-hybridized carbons (Fsp3) is 0. The van der Waals surface area contributed by atoms with E-state index in [1.54, 1.807) is 0 Å². The maximum absolute atomic E-state index is 5.34. The first-order valence-electron chi connectivity index (χ1n) is 12.8. The van der Waals surface area contributed by atoms with E-state index in [4.69, 9.17) is 4.98 Å². The fourth-order valence-electron chi connectivity index (χ4n) is 5.70. The summed E-state index contributed by atoms with van der Waals surface area (Å²) in [5.41, 5.74) is 7.49. The second-order valence-corrected chi connectivity index (χ2v) is 9.53. The second-order valence-electron chi connectivity index (χ2n) is 9.53. The fourth-order valence-corrected chi connectivity index (χ4v) is 5.70. The smallest absolute Gasteiger partial charge is 0.294 e. The Morgan fingerprint density at radius 1 is 0.487 bits per heavy atom. The van der Waals surface area contributed by atoms with Crippen LogP contribution in [-0.2, 0) is 21.1 Å². The van der Waals surface area contributed by atoms with Crippen LogP contribution in [0.1, 0.15) is 0 Å². The first kappa shape index (κ1) is 23.6. The summed E-state index contributed by atoms with van der Waals surface area (Å²) in [6.07, 6.45) is 1.84. The molecule has 5 heteroatoms. The molecule has 39 heavy (non-hydrogen) atoms. The summed E-state index contributed by atoms with van der Waals surface area (Å²) in [5, 5.41) is 4.75. The largest absolute Gasteiger partial charge is 2.00 e. The molecule has 0 bridgehead atoms. The van der Waals surface area contributed by atoms with Crippen LogP contribution < -0.4 is 0 Å². The van der Waals surface area contributed by atoms with Crippen molar-refractivity contribution in [3.63, 3.8) is 0 Å². The second kappa shape index (κ2) is 9.34. The monoisotopic (exact) mass is 681 g/mol. The van der Waals surface area contributed by atoms with Crippen molar-refractivity contribution >= 4 is 43.7 Å². The van der Waals surface area contributed by atoms with E-state index in [9.17, 15) is 0 Å². The van der Waals surface area contributed by atoms with Gasteiger partial charge in [-0.2, -0.15) is 0 Å². The zero-order valence-electron chi connectivity index (χ0n) is 20.8. The SMILES string of the molecule is [Pt+2].c1ccc(-n2c3ccccc3c3ccc(-n4c5ccccc5c5ccc(-c6ccccn6)cc54)nc32)cc1. The molecule has 0 saturated heterocycles. The Labute approximate surface area is 239 Å². The zero-order valence-corrected chi connectivity index (χ0v) is 23.1. The van der Waals surface area contributed by atoms with Gasteiger partial charge in [0.1, 0.15) is 11.5 Å². The van der Waals surface area contributed by atoms with Gasteiger partial charge in [-0.15, -0.1) is 0 Å². The molecule has 4 aromatic heterocycles. The van der Waals surface area contributed by atoms with Gasteiger partial charge < -0.3 is 0 Å². The predicted octanol–water partition coefficient (Wildman–Crippen LogP) is 8.34. The quantitative estimate of drug-likeness (QED) is 0.188. The van der Waals surface area contributed by atoms with E-state index < -0.39 is 0 Å². The summed E-state index contributed by atoms with van der Waals surface area (Å²) >= 11 is 0. The van der Waals surface area contributed by atoms with Crippen LogP contribution in [0.5, 0.6) is 0 Å². The van der Waals surface area contributed by atoms with Crippen molar-refractivity contribution in [3.05, 3.63) is 134 Å². The Morgan fingerprint density at radius 2 is 1.13 bits per heavy atom. The van der Waals surface area contributed by atoms with Crippen molar-refractivity contribution in [2.75, 3.05) is 0 Å². The minimum absolute atomic E-state index is 0. The number of hydrogen-bond acceptors (Lipinski definition) is 2. The summed E-state index contributed by atoms with van der Waals surface area (Å²) in [6.45, 7) is 0. The number of para-hydroxylation sites is 3. The maximum atomic E-state index is 5.34. The van der Waals surface area contributed by atoms with Crippen LogP contribution in [0.2, 0.25) is 0 Å². The maximum Gasteiger partial charge on any atom is 2.00 e. The number of fused-ring (bicyclic) bond motifs is 6. The third kappa shape index (κ3) is 3.64. The van der Waals surface area contributed by atoms with Gasteiger partial charge in [-0.3, -0.25) is 14.1 Å². The first-order valence-corrected chi connectivity index (χ1v) is 12.8. The molecule has 0 fully saturated rings. The molecule has 4 nitrogen and oxygen atoms in total. The number of hydrogen-bond donors (Lipinski definition) is 0. The van der Waals surface area contributed by atoms with Crippen LogP contribution in [-0.4, -0.2) is 19.1 Å². The molecular formula is C34H22N4Pt+2. The van der Waals surface area contributed by atoms with Crippen LogP contribution in [0.3, 0.4) is 0 Å². The Kier molecular flexibility index (Phi) is 5.64. The third-order valence-electron chi connectivity index (χ3n) is 7.39. The average Bonchev–Trinajstić information content (AvgIpc) is 3.50. The molecule has 0 amide bonds. The number of nitrogens with zero attached hydrogens (tertiary/aromatic N) is 4. The topological polar surface area (TPSA) is 35.6 Å². The summed E-state index contributed by atoms with van der Waals surface area (Å²) in [5.74, 6) is 0.891. The van der Waals surface area contributed by atoms with Crippen LogP contribution in [0.15, 0.2) is 134 Å². The zero-order chi connectivity index (χ0) is 25.1. The molecule has 0 N–H and O–H groups in total. The Bertz CT molecular complexity index is 2130. The normalized spacial score (nSPS) is 11.4. The van der Waals surface area contributed by atoms with Gasteiger partial charge >= 0.3 is 21.1 Å². The van der Waals surface area contributed by atoms with Crippen molar-refractivity contribution in [1.82, 2.24) is 19.1 Å². The van der Waals surface area contributed by atoms with E-state index >= 15 is 0 Å². The molecule has 0 saturated carbocycles. The van der Waals surface area contributed by atoms with Gasteiger partial charge in [0.05, 0.1) is 22.2 Å². The van der Waals surface area contributed by atoms with E-state index in [1.165, 1.54) is 16.2 Å². The van der Waals surface area contributed by atoms with Crippen LogP contribution >= 0.6 is 0 Å². The summed E-state index contributed by atoms with van der Waals surface area (Å²) in [7, 11) is 0. The molecular weight excluding hydrogens is 659 g/mol. The minimum atomic E-state index is 0. The molecule has 0 spiro atoms. The van der Waals surface area contributed by atoms with E-state index in [-0.39, 0.29) is 21.1 Å². The molecule has 8 aromatic rings. The molecule has 186 valence electrons. The van der Waals surface area contributed by atoms with Gasteiger partial charge in [0, 0.05) is 39.0 Å². The van der Waals surface area contributed by atoms with E-state index in [2.05, 4.69) is 123 Å². The molecule has 0 unspecified atom stereocenters. The van der Waals surface area contributed by atoms with Gasteiger partial charge in [-0.25, -0.2) is 4.98 Å². The average molecular weight is 682 g/mol. The van der Waals surface area contributed by atoms with Gasteiger partial charge in [-0.1, -0.05) is 72.8 Å². The molecule has 0 aliphatic heterocycles. The minimum Gasteiger partial charge on any atom is -0.294 e. The molecule has 0 atom stereocenters. The van der Waals surface area contributed by atoms with Gasteiger partial charge in [-0.05, 0) is 54.6 Å². The number of benzene rings is 4. The van der Waals surface area contributed by atoms with Crippen molar-refractivity contribution < 1.29 is 21.1 Å². The number of aromatic nitrogens is 4. The molecule has 8 rings (SSSR count). The van der Waals surface area contributed by atoms with E-state index in [1.807, 2.05) is 24.4 Å². The predicted molar refractivity (Wildman–Crippen MR) is 156 cm³/mol. The van der Waals surface area contributed by atoms with E-state index in [0.717, 1.165) is 50.3 Å². The Morgan fingerprint density at radius 3 is 1.90 bits per heavy atom. The molecule has 0 aliphatic carbocycles. The summed E-state index contributed by atoms with van der Waals surface area (Å²) < 4.78 is 4.55.